The van der Waals surface area contributed by atoms with Crippen molar-refractivity contribution in [2.75, 3.05) is 13.1 Å². The van der Waals surface area contributed by atoms with Crippen LogP contribution in [0.3, 0.4) is 0 Å². The molecule has 0 bridgehead atoms. The standard InChI is InChI=1S/C16H22ClNO/c1-12(2)8-9-18(15-6-7-15)11-16(19)13-4-3-5-14(17)10-13/h3-5,10,12,15H,6-9,11H2,1-2H3. The van der Waals surface area contributed by atoms with E-state index in [-0.39, 0.29) is 5.78 Å². The lowest BCUT2D eigenvalue weighted by atomic mass is 10.1. The van der Waals surface area contributed by atoms with E-state index in [1.807, 2.05) is 12.1 Å². The van der Waals surface area contributed by atoms with E-state index >= 15 is 0 Å². The fourth-order valence-corrected chi connectivity index (χ4v) is 2.38. The fraction of sp³-hybridized carbons (Fsp3) is 0.562. The van der Waals surface area contributed by atoms with Crippen LogP contribution >= 0.6 is 11.6 Å². The zero-order chi connectivity index (χ0) is 13.8. The third-order valence-corrected chi connectivity index (χ3v) is 3.79. The number of carbonyl (C=O) groups is 1. The molecule has 2 nitrogen and oxygen atoms in total. The van der Waals surface area contributed by atoms with Crippen LogP contribution in [0.25, 0.3) is 0 Å². The number of benzene rings is 1. The van der Waals surface area contributed by atoms with Crippen LogP contribution in [0.15, 0.2) is 24.3 Å². The highest BCUT2D eigenvalue weighted by Crippen LogP contribution is 2.27. The summed E-state index contributed by atoms with van der Waals surface area (Å²) < 4.78 is 0. The van der Waals surface area contributed by atoms with Gasteiger partial charge in [-0.15, -0.1) is 0 Å². The largest absolute Gasteiger partial charge is 0.293 e. The summed E-state index contributed by atoms with van der Waals surface area (Å²) in [6.45, 7) is 6.00. The van der Waals surface area contributed by atoms with Crippen LogP contribution in [-0.2, 0) is 0 Å². The van der Waals surface area contributed by atoms with Gasteiger partial charge in [0.15, 0.2) is 5.78 Å². The number of ketones is 1. The minimum Gasteiger partial charge on any atom is -0.293 e. The molecule has 1 saturated carbocycles. The highest BCUT2D eigenvalue weighted by molar-refractivity contribution is 6.31. The van der Waals surface area contributed by atoms with Gasteiger partial charge in [-0.05, 0) is 43.9 Å². The molecule has 0 radical (unpaired) electrons. The van der Waals surface area contributed by atoms with Gasteiger partial charge in [0.25, 0.3) is 0 Å². The molecule has 0 unspecified atom stereocenters. The maximum Gasteiger partial charge on any atom is 0.176 e. The van der Waals surface area contributed by atoms with Crippen LogP contribution in [0.2, 0.25) is 5.02 Å². The highest BCUT2D eigenvalue weighted by atomic mass is 35.5. The smallest absolute Gasteiger partial charge is 0.176 e. The van der Waals surface area contributed by atoms with E-state index < -0.39 is 0 Å². The van der Waals surface area contributed by atoms with Gasteiger partial charge in [-0.3, -0.25) is 9.69 Å². The average Bonchev–Trinajstić information content (AvgIpc) is 3.18. The van der Waals surface area contributed by atoms with Gasteiger partial charge < -0.3 is 0 Å². The van der Waals surface area contributed by atoms with Crippen molar-refractivity contribution in [2.24, 2.45) is 5.92 Å². The lowest BCUT2D eigenvalue weighted by molar-refractivity contribution is 0.0920. The molecule has 104 valence electrons. The van der Waals surface area contributed by atoms with Gasteiger partial charge in [-0.2, -0.15) is 0 Å². The SMILES string of the molecule is CC(C)CCN(CC(=O)c1cccc(Cl)c1)C1CC1. The van der Waals surface area contributed by atoms with E-state index in [1.54, 1.807) is 12.1 Å². The fourth-order valence-electron chi connectivity index (χ4n) is 2.19. The minimum atomic E-state index is 0.179. The van der Waals surface area contributed by atoms with Gasteiger partial charge in [-0.1, -0.05) is 37.6 Å². The summed E-state index contributed by atoms with van der Waals surface area (Å²) in [4.78, 5) is 14.6. The Balaban J connectivity index is 1.95. The van der Waals surface area contributed by atoms with E-state index in [1.165, 1.54) is 12.8 Å². The molecule has 19 heavy (non-hydrogen) atoms. The van der Waals surface area contributed by atoms with Crippen LogP contribution in [0.5, 0.6) is 0 Å². The average molecular weight is 280 g/mol. The third-order valence-electron chi connectivity index (χ3n) is 3.55. The summed E-state index contributed by atoms with van der Waals surface area (Å²) in [5.41, 5.74) is 0.725. The van der Waals surface area contributed by atoms with Crippen molar-refractivity contribution in [3.8, 4) is 0 Å². The number of halogens is 1. The first-order valence-electron chi connectivity index (χ1n) is 7.09. The lowest BCUT2D eigenvalue weighted by Crippen LogP contribution is -2.33. The molecule has 1 aliphatic carbocycles. The van der Waals surface area contributed by atoms with Gasteiger partial charge >= 0.3 is 0 Å². The second kappa shape index (κ2) is 6.53. The second-order valence-electron chi connectivity index (χ2n) is 5.82. The summed E-state index contributed by atoms with van der Waals surface area (Å²) in [5, 5.41) is 0.631. The van der Waals surface area contributed by atoms with Gasteiger partial charge in [0.2, 0.25) is 0 Å². The van der Waals surface area contributed by atoms with Crippen molar-refractivity contribution in [2.45, 2.75) is 39.2 Å². The first-order chi connectivity index (χ1) is 9.06. The normalized spacial score (nSPS) is 15.2. The predicted molar refractivity (Wildman–Crippen MR) is 79.8 cm³/mol. The van der Waals surface area contributed by atoms with Crippen molar-refractivity contribution in [3.05, 3.63) is 34.9 Å². The van der Waals surface area contributed by atoms with E-state index in [0.717, 1.165) is 18.5 Å². The molecule has 0 amide bonds. The van der Waals surface area contributed by atoms with E-state index in [0.29, 0.717) is 23.5 Å². The number of hydrogen-bond donors (Lipinski definition) is 0. The Kier molecular flexibility index (Phi) is 5.00. The van der Waals surface area contributed by atoms with Crippen LogP contribution in [-0.4, -0.2) is 29.8 Å². The first-order valence-corrected chi connectivity index (χ1v) is 7.47. The Morgan fingerprint density at radius 1 is 1.42 bits per heavy atom. The summed E-state index contributed by atoms with van der Waals surface area (Å²) >= 11 is 5.94. The zero-order valence-corrected chi connectivity index (χ0v) is 12.5. The van der Waals surface area contributed by atoms with Crippen LogP contribution in [0.1, 0.15) is 43.5 Å². The molecule has 1 aliphatic rings. The summed E-state index contributed by atoms with van der Waals surface area (Å²) in [6.07, 6.45) is 3.63. The van der Waals surface area contributed by atoms with Crippen LogP contribution in [0, 0.1) is 5.92 Å². The van der Waals surface area contributed by atoms with Crippen LogP contribution in [0.4, 0.5) is 0 Å². The summed E-state index contributed by atoms with van der Waals surface area (Å²) in [5.74, 6) is 0.862. The molecule has 0 saturated heterocycles. The van der Waals surface area contributed by atoms with Crippen molar-refractivity contribution in [3.63, 3.8) is 0 Å². The molecule has 0 spiro atoms. The Hall–Kier alpha value is -0.860. The van der Waals surface area contributed by atoms with E-state index in [9.17, 15) is 4.79 Å². The van der Waals surface area contributed by atoms with E-state index in [4.69, 9.17) is 11.6 Å². The number of rotatable bonds is 7. The quantitative estimate of drug-likeness (QED) is 0.702. The highest BCUT2D eigenvalue weighted by Gasteiger charge is 2.30. The molecule has 0 heterocycles. The van der Waals surface area contributed by atoms with Crippen molar-refractivity contribution >= 4 is 17.4 Å². The maximum absolute atomic E-state index is 12.3. The van der Waals surface area contributed by atoms with Crippen molar-refractivity contribution in [1.29, 1.82) is 0 Å². The summed E-state index contributed by atoms with van der Waals surface area (Å²) in [6, 6.07) is 7.88. The zero-order valence-electron chi connectivity index (χ0n) is 11.7. The van der Waals surface area contributed by atoms with Gasteiger partial charge in [0, 0.05) is 16.6 Å². The Labute approximate surface area is 120 Å². The predicted octanol–water partition coefficient (Wildman–Crippen LogP) is 4.03. The van der Waals surface area contributed by atoms with E-state index in [2.05, 4.69) is 18.7 Å². The number of Topliss-reactive ketones (excluding diaryl/α,β-unsaturated/α-hetero) is 1. The molecular formula is C16H22ClNO. The summed E-state index contributed by atoms with van der Waals surface area (Å²) in [7, 11) is 0. The van der Waals surface area contributed by atoms with Gasteiger partial charge in [0.1, 0.15) is 0 Å². The number of carbonyl (C=O) groups excluding carboxylic acids is 1. The van der Waals surface area contributed by atoms with Crippen LogP contribution < -0.4 is 0 Å². The molecule has 0 N–H and O–H groups in total. The molecule has 1 fully saturated rings. The molecule has 1 aromatic carbocycles. The van der Waals surface area contributed by atoms with Gasteiger partial charge in [0.05, 0.1) is 6.54 Å². The molecule has 0 aliphatic heterocycles. The molecule has 3 heteroatoms. The van der Waals surface area contributed by atoms with Crippen molar-refractivity contribution in [1.82, 2.24) is 4.90 Å². The first kappa shape index (κ1) is 14.5. The lowest BCUT2D eigenvalue weighted by Gasteiger charge is -2.22. The molecular weight excluding hydrogens is 258 g/mol. The third kappa shape index (κ3) is 4.63. The molecule has 1 aromatic rings. The monoisotopic (exact) mass is 279 g/mol. The molecule has 0 aromatic heterocycles. The second-order valence-corrected chi connectivity index (χ2v) is 6.25. The minimum absolute atomic E-state index is 0.179. The number of hydrogen-bond acceptors (Lipinski definition) is 2. The van der Waals surface area contributed by atoms with Crippen molar-refractivity contribution < 1.29 is 4.79 Å². The maximum atomic E-state index is 12.3. The number of nitrogens with zero attached hydrogens (tertiary/aromatic N) is 1. The molecule has 0 atom stereocenters. The van der Waals surface area contributed by atoms with Gasteiger partial charge in [-0.25, -0.2) is 0 Å². The molecule has 2 rings (SSSR count). The Bertz CT molecular complexity index is 440. The Morgan fingerprint density at radius 2 is 2.16 bits per heavy atom. The Morgan fingerprint density at radius 3 is 2.74 bits per heavy atom. The topological polar surface area (TPSA) is 20.3 Å².